The van der Waals surface area contributed by atoms with E-state index in [1.54, 1.807) is 13.8 Å². The molecule has 0 spiro atoms. The topological polar surface area (TPSA) is 89.3 Å². The minimum Gasteiger partial charge on any atom is -0.258 e. The van der Waals surface area contributed by atoms with E-state index in [2.05, 4.69) is 4.72 Å². The van der Waals surface area contributed by atoms with Gasteiger partial charge in [-0.2, -0.15) is 0 Å². The first kappa shape index (κ1) is 17.6. The maximum absolute atomic E-state index is 12.3. The Balaban J connectivity index is 3.19. The van der Waals surface area contributed by atoms with Crippen LogP contribution in [-0.4, -0.2) is 19.9 Å². The number of nitrogens with one attached hydrogen (secondary N) is 1. The van der Waals surface area contributed by atoms with Crippen LogP contribution >= 0.6 is 0 Å². The van der Waals surface area contributed by atoms with Crippen molar-refractivity contribution in [1.29, 1.82) is 0 Å². The van der Waals surface area contributed by atoms with Crippen LogP contribution in [0.25, 0.3) is 0 Å². The van der Waals surface area contributed by atoms with Crippen molar-refractivity contribution < 1.29 is 13.3 Å². The molecule has 7 heteroatoms. The van der Waals surface area contributed by atoms with Gasteiger partial charge in [0.05, 0.1) is 4.92 Å². The molecule has 1 rings (SSSR count). The highest BCUT2D eigenvalue weighted by Crippen LogP contribution is 2.27. The van der Waals surface area contributed by atoms with Crippen molar-refractivity contribution >= 4 is 15.7 Å². The van der Waals surface area contributed by atoms with Gasteiger partial charge in [0.1, 0.15) is 0 Å². The second-order valence-electron chi connectivity index (χ2n) is 5.20. The summed E-state index contributed by atoms with van der Waals surface area (Å²) >= 11 is 0. The van der Waals surface area contributed by atoms with Gasteiger partial charge in [-0.1, -0.05) is 26.7 Å². The first-order valence-corrected chi connectivity index (χ1v) is 8.46. The summed E-state index contributed by atoms with van der Waals surface area (Å²) in [5.41, 5.74) is 1.03. The van der Waals surface area contributed by atoms with E-state index < -0.39 is 14.9 Å². The average molecular weight is 314 g/mol. The molecule has 0 aliphatic heterocycles. The lowest BCUT2D eigenvalue weighted by Gasteiger charge is -2.14. The van der Waals surface area contributed by atoms with Crippen LogP contribution in [0.15, 0.2) is 17.0 Å². The molecule has 0 atom stereocenters. The summed E-state index contributed by atoms with van der Waals surface area (Å²) in [5, 5.41) is 11.1. The van der Waals surface area contributed by atoms with Crippen molar-refractivity contribution in [2.75, 3.05) is 6.54 Å². The molecule has 0 amide bonds. The molecule has 0 unspecified atom stereocenters. The minimum absolute atomic E-state index is 0.227. The predicted octanol–water partition coefficient (Wildman–Crippen LogP) is 2.93. The number of nitro benzene ring substituents is 1. The van der Waals surface area contributed by atoms with Crippen molar-refractivity contribution in [2.45, 2.75) is 45.4 Å². The SMILES string of the molecule is CCC(CC)CNS(=O)(=O)c1cc(C)c(C)cc1[N+](=O)[O-]. The molecule has 0 bridgehead atoms. The Labute approximate surface area is 125 Å². The zero-order chi connectivity index (χ0) is 16.2. The summed E-state index contributed by atoms with van der Waals surface area (Å²) in [6, 6.07) is 2.67. The Hall–Kier alpha value is -1.47. The fraction of sp³-hybridized carbons (Fsp3) is 0.571. The maximum atomic E-state index is 12.3. The van der Waals surface area contributed by atoms with Gasteiger partial charge < -0.3 is 0 Å². The van der Waals surface area contributed by atoms with Crippen molar-refractivity contribution in [2.24, 2.45) is 5.92 Å². The molecule has 0 heterocycles. The molecule has 118 valence electrons. The number of hydrogen-bond donors (Lipinski definition) is 1. The van der Waals surface area contributed by atoms with Gasteiger partial charge in [0.2, 0.25) is 10.0 Å². The zero-order valence-electron chi connectivity index (χ0n) is 12.8. The summed E-state index contributed by atoms with van der Waals surface area (Å²) in [7, 11) is -3.88. The molecule has 0 fully saturated rings. The van der Waals surface area contributed by atoms with Crippen LogP contribution in [-0.2, 0) is 10.0 Å². The summed E-state index contributed by atoms with van der Waals surface area (Å²) in [6.45, 7) is 7.72. The Morgan fingerprint density at radius 3 is 2.19 bits per heavy atom. The first-order chi connectivity index (χ1) is 9.72. The highest BCUT2D eigenvalue weighted by Gasteiger charge is 2.27. The van der Waals surface area contributed by atoms with Gasteiger partial charge in [-0.05, 0) is 37.0 Å². The third kappa shape index (κ3) is 4.25. The fourth-order valence-electron chi connectivity index (χ4n) is 2.02. The van der Waals surface area contributed by atoms with E-state index >= 15 is 0 Å². The van der Waals surface area contributed by atoms with E-state index in [1.165, 1.54) is 12.1 Å². The molecule has 0 saturated carbocycles. The largest absolute Gasteiger partial charge is 0.289 e. The van der Waals surface area contributed by atoms with Crippen LogP contribution in [0.2, 0.25) is 0 Å². The summed E-state index contributed by atoms with van der Waals surface area (Å²) in [4.78, 5) is 10.2. The molecule has 0 aromatic heterocycles. The Morgan fingerprint density at radius 2 is 1.71 bits per heavy atom. The van der Waals surface area contributed by atoms with Gasteiger partial charge in [-0.3, -0.25) is 10.1 Å². The lowest BCUT2D eigenvalue weighted by atomic mass is 10.0. The van der Waals surface area contributed by atoms with Crippen LogP contribution in [0.5, 0.6) is 0 Å². The van der Waals surface area contributed by atoms with Crippen molar-refractivity contribution in [1.82, 2.24) is 4.72 Å². The normalized spacial score (nSPS) is 11.9. The molecule has 0 aliphatic rings. The molecule has 6 nitrogen and oxygen atoms in total. The second-order valence-corrected chi connectivity index (χ2v) is 6.93. The minimum atomic E-state index is -3.88. The second kappa shape index (κ2) is 7.00. The zero-order valence-corrected chi connectivity index (χ0v) is 13.7. The number of nitro groups is 1. The average Bonchev–Trinajstić information content (AvgIpc) is 2.42. The molecule has 21 heavy (non-hydrogen) atoms. The number of sulfonamides is 1. The van der Waals surface area contributed by atoms with Crippen LogP contribution in [0.1, 0.15) is 37.8 Å². The fourth-order valence-corrected chi connectivity index (χ4v) is 3.37. The van der Waals surface area contributed by atoms with Crippen LogP contribution < -0.4 is 4.72 Å². The smallest absolute Gasteiger partial charge is 0.258 e. The number of aryl methyl sites for hydroxylation is 2. The lowest BCUT2D eigenvalue weighted by Crippen LogP contribution is -2.29. The monoisotopic (exact) mass is 314 g/mol. The quantitative estimate of drug-likeness (QED) is 0.619. The van der Waals surface area contributed by atoms with Gasteiger partial charge in [-0.25, -0.2) is 13.1 Å². The van der Waals surface area contributed by atoms with Crippen molar-refractivity contribution in [3.05, 3.63) is 33.4 Å². The number of rotatable bonds is 7. The molecule has 0 saturated heterocycles. The number of benzene rings is 1. The Kier molecular flexibility index (Phi) is 5.86. The van der Waals surface area contributed by atoms with Crippen LogP contribution in [0, 0.1) is 29.9 Å². The molecule has 0 radical (unpaired) electrons. The van der Waals surface area contributed by atoms with E-state index in [0.717, 1.165) is 12.8 Å². The van der Waals surface area contributed by atoms with Gasteiger partial charge in [-0.15, -0.1) is 0 Å². The van der Waals surface area contributed by atoms with E-state index in [9.17, 15) is 18.5 Å². The molecular formula is C14H22N2O4S. The van der Waals surface area contributed by atoms with Crippen LogP contribution in [0.4, 0.5) is 5.69 Å². The Bertz CT molecular complexity index is 622. The van der Waals surface area contributed by atoms with Crippen molar-refractivity contribution in [3.8, 4) is 0 Å². The van der Waals surface area contributed by atoms with E-state index in [0.29, 0.717) is 17.7 Å². The highest BCUT2D eigenvalue weighted by molar-refractivity contribution is 7.89. The van der Waals surface area contributed by atoms with Crippen LogP contribution in [0.3, 0.4) is 0 Å². The summed E-state index contributed by atoms with van der Waals surface area (Å²) in [5.74, 6) is 0.227. The number of nitrogens with zero attached hydrogens (tertiary/aromatic N) is 1. The van der Waals surface area contributed by atoms with E-state index in [4.69, 9.17) is 0 Å². The summed E-state index contributed by atoms with van der Waals surface area (Å²) in [6.07, 6.45) is 1.71. The van der Waals surface area contributed by atoms with E-state index in [-0.39, 0.29) is 16.5 Å². The lowest BCUT2D eigenvalue weighted by molar-refractivity contribution is -0.387. The van der Waals surface area contributed by atoms with E-state index in [1.807, 2.05) is 13.8 Å². The standard InChI is InChI=1S/C14H22N2O4S/c1-5-12(6-2)9-15-21(19,20)14-8-11(4)10(3)7-13(14)16(17)18/h7-8,12,15H,5-6,9H2,1-4H3. The third-order valence-electron chi connectivity index (χ3n) is 3.78. The van der Waals surface area contributed by atoms with Gasteiger partial charge >= 0.3 is 0 Å². The van der Waals surface area contributed by atoms with Gasteiger partial charge in [0.25, 0.3) is 5.69 Å². The molecule has 0 aliphatic carbocycles. The molecule has 1 aromatic carbocycles. The predicted molar refractivity (Wildman–Crippen MR) is 81.8 cm³/mol. The van der Waals surface area contributed by atoms with Gasteiger partial charge in [0, 0.05) is 12.6 Å². The molecule has 1 N–H and O–H groups in total. The third-order valence-corrected chi connectivity index (χ3v) is 5.23. The highest BCUT2D eigenvalue weighted by atomic mass is 32.2. The van der Waals surface area contributed by atoms with Crippen molar-refractivity contribution in [3.63, 3.8) is 0 Å². The summed E-state index contributed by atoms with van der Waals surface area (Å²) < 4.78 is 27.2. The van der Waals surface area contributed by atoms with Gasteiger partial charge in [0.15, 0.2) is 4.90 Å². The maximum Gasteiger partial charge on any atom is 0.289 e. The molecule has 1 aromatic rings. The number of hydrogen-bond acceptors (Lipinski definition) is 4. The first-order valence-electron chi connectivity index (χ1n) is 6.98. The molecular weight excluding hydrogens is 292 g/mol. The Morgan fingerprint density at radius 1 is 1.19 bits per heavy atom.